The van der Waals surface area contributed by atoms with Gasteiger partial charge in [0.15, 0.2) is 5.78 Å². The Kier molecular flexibility index (Phi) is 4.18. The van der Waals surface area contributed by atoms with Crippen molar-refractivity contribution >= 4 is 17.4 Å². The van der Waals surface area contributed by atoms with Crippen LogP contribution in [0.1, 0.15) is 21.6 Å². The summed E-state index contributed by atoms with van der Waals surface area (Å²) in [6.45, 7) is 0. The maximum Gasteiger partial charge on any atom is 0.433 e. The normalized spacial score (nSPS) is 11.3. The fraction of sp³-hybridized carbons (Fsp3) is 0.143. The minimum absolute atomic E-state index is 0.0991. The van der Waals surface area contributed by atoms with Gasteiger partial charge in [0.2, 0.25) is 0 Å². The van der Waals surface area contributed by atoms with E-state index in [-0.39, 0.29) is 11.1 Å². The van der Waals surface area contributed by atoms with Crippen LogP contribution in [0.2, 0.25) is 5.15 Å². The second kappa shape index (κ2) is 5.73. The number of nitrogens with zero attached hydrogens (tertiary/aromatic N) is 1. The van der Waals surface area contributed by atoms with Crippen molar-refractivity contribution in [3.05, 3.63) is 58.4 Å². The molecular weight excluding hydrogens is 307 g/mol. The van der Waals surface area contributed by atoms with Crippen molar-refractivity contribution in [2.24, 2.45) is 0 Å². The molecule has 3 nitrogen and oxygen atoms in total. The Morgan fingerprint density at radius 2 is 1.95 bits per heavy atom. The van der Waals surface area contributed by atoms with Crippen molar-refractivity contribution in [2.75, 3.05) is 7.11 Å². The standard InChI is InChI=1S/C14H9ClF3NO2/c1-21-9-4-2-3-8(7-9)12(20)10-5-6-11(14(16,17)18)19-13(10)15/h2-7H,1H3. The summed E-state index contributed by atoms with van der Waals surface area (Å²) in [7, 11) is 1.44. The number of benzene rings is 1. The summed E-state index contributed by atoms with van der Waals surface area (Å²) in [5, 5.41) is -0.488. The highest BCUT2D eigenvalue weighted by Crippen LogP contribution is 2.30. The Bertz CT molecular complexity index is 686. The Hall–Kier alpha value is -2.08. The highest BCUT2D eigenvalue weighted by atomic mass is 35.5. The molecule has 0 atom stereocenters. The SMILES string of the molecule is COc1cccc(C(=O)c2ccc(C(F)(F)F)nc2Cl)c1. The van der Waals surface area contributed by atoms with E-state index in [4.69, 9.17) is 16.3 Å². The molecule has 1 aromatic heterocycles. The monoisotopic (exact) mass is 315 g/mol. The largest absolute Gasteiger partial charge is 0.497 e. The Labute approximate surface area is 123 Å². The third-order valence-corrected chi connectivity index (χ3v) is 3.00. The fourth-order valence-electron chi connectivity index (χ4n) is 1.68. The lowest BCUT2D eigenvalue weighted by molar-refractivity contribution is -0.141. The molecule has 0 aliphatic carbocycles. The average Bonchev–Trinajstić information content (AvgIpc) is 2.45. The van der Waals surface area contributed by atoms with E-state index in [0.717, 1.165) is 12.1 Å². The summed E-state index contributed by atoms with van der Waals surface area (Å²) in [4.78, 5) is 15.5. The van der Waals surface area contributed by atoms with Crippen molar-refractivity contribution < 1.29 is 22.7 Å². The minimum atomic E-state index is -4.61. The molecular formula is C14H9ClF3NO2. The summed E-state index contributed by atoms with van der Waals surface area (Å²) < 4.78 is 42.5. The van der Waals surface area contributed by atoms with Crippen LogP contribution in [0.15, 0.2) is 36.4 Å². The molecule has 0 bridgehead atoms. The Morgan fingerprint density at radius 1 is 1.24 bits per heavy atom. The first kappa shape index (κ1) is 15.3. The minimum Gasteiger partial charge on any atom is -0.497 e. The van der Waals surface area contributed by atoms with Crippen LogP contribution in [-0.2, 0) is 6.18 Å². The number of alkyl halides is 3. The molecule has 0 spiro atoms. The summed E-state index contributed by atoms with van der Waals surface area (Å²) in [5.41, 5.74) is -0.995. The van der Waals surface area contributed by atoms with E-state index in [0.29, 0.717) is 5.75 Å². The first-order valence-electron chi connectivity index (χ1n) is 5.75. The summed E-state index contributed by atoms with van der Waals surface area (Å²) in [6, 6.07) is 7.95. The zero-order valence-electron chi connectivity index (χ0n) is 10.7. The lowest BCUT2D eigenvalue weighted by Crippen LogP contribution is -2.11. The number of hydrogen-bond acceptors (Lipinski definition) is 3. The molecule has 0 N–H and O–H groups in total. The Morgan fingerprint density at radius 3 is 2.52 bits per heavy atom. The van der Waals surface area contributed by atoms with Crippen molar-refractivity contribution in [3.63, 3.8) is 0 Å². The van der Waals surface area contributed by atoms with Crippen LogP contribution < -0.4 is 4.74 Å². The number of aromatic nitrogens is 1. The van der Waals surface area contributed by atoms with E-state index in [1.165, 1.54) is 19.2 Å². The van der Waals surface area contributed by atoms with Gasteiger partial charge >= 0.3 is 6.18 Å². The highest BCUT2D eigenvalue weighted by molar-refractivity contribution is 6.33. The number of pyridine rings is 1. The highest BCUT2D eigenvalue weighted by Gasteiger charge is 2.33. The second-order valence-electron chi connectivity index (χ2n) is 4.09. The molecule has 2 rings (SSSR count). The molecule has 0 fully saturated rings. The van der Waals surface area contributed by atoms with E-state index in [9.17, 15) is 18.0 Å². The predicted molar refractivity (Wildman–Crippen MR) is 70.7 cm³/mol. The van der Waals surface area contributed by atoms with Crippen LogP contribution in [-0.4, -0.2) is 17.9 Å². The zero-order valence-corrected chi connectivity index (χ0v) is 11.5. The van der Waals surface area contributed by atoms with E-state index in [2.05, 4.69) is 4.98 Å². The van der Waals surface area contributed by atoms with Gasteiger partial charge in [-0.05, 0) is 24.3 Å². The summed E-state index contributed by atoms with van der Waals surface area (Å²) >= 11 is 5.69. The molecule has 1 heterocycles. The zero-order chi connectivity index (χ0) is 15.6. The van der Waals surface area contributed by atoms with Gasteiger partial charge < -0.3 is 4.74 Å². The lowest BCUT2D eigenvalue weighted by Gasteiger charge is -2.09. The summed E-state index contributed by atoms with van der Waals surface area (Å²) in [5.74, 6) is -0.0723. The number of carbonyl (C=O) groups is 1. The van der Waals surface area contributed by atoms with Crippen LogP contribution >= 0.6 is 11.6 Å². The van der Waals surface area contributed by atoms with Crippen LogP contribution in [0.5, 0.6) is 5.75 Å². The molecule has 0 aliphatic heterocycles. The van der Waals surface area contributed by atoms with Gasteiger partial charge in [-0.15, -0.1) is 0 Å². The topological polar surface area (TPSA) is 39.2 Å². The van der Waals surface area contributed by atoms with Crippen molar-refractivity contribution in [3.8, 4) is 5.75 Å². The molecule has 0 amide bonds. The van der Waals surface area contributed by atoms with Gasteiger partial charge in [-0.2, -0.15) is 13.2 Å². The van der Waals surface area contributed by atoms with Gasteiger partial charge in [-0.25, -0.2) is 4.98 Å². The van der Waals surface area contributed by atoms with Crippen molar-refractivity contribution in [2.45, 2.75) is 6.18 Å². The molecule has 110 valence electrons. The van der Waals surface area contributed by atoms with Crippen LogP contribution in [0.3, 0.4) is 0 Å². The van der Waals surface area contributed by atoms with Gasteiger partial charge in [-0.3, -0.25) is 4.79 Å². The first-order valence-corrected chi connectivity index (χ1v) is 6.13. The number of ketones is 1. The van der Waals surface area contributed by atoms with Gasteiger partial charge in [0.25, 0.3) is 0 Å². The molecule has 0 saturated carbocycles. The van der Waals surface area contributed by atoms with Crippen LogP contribution in [0.25, 0.3) is 0 Å². The van der Waals surface area contributed by atoms with Crippen LogP contribution in [0.4, 0.5) is 13.2 Å². The molecule has 0 saturated heterocycles. The fourth-order valence-corrected chi connectivity index (χ4v) is 1.92. The van der Waals surface area contributed by atoms with E-state index >= 15 is 0 Å². The van der Waals surface area contributed by atoms with Gasteiger partial charge in [0.05, 0.1) is 12.7 Å². The quantitative estimate of drug-likeness (QED) is 0.635. The number of hydrogen-bond donors (Lipinski definition) is 0. The smallest absolute Gasteiger partial charge is 0.433 e. The van der Waals surface area contributed by atoms with Gasteiger partial charge in [-0.1, -0.05) is 23.7 Å². The van der Waals surface area contributed by atoms with E-state index in [1.54, 1.807) is 12.1 Å². The lowest BCUT2D eigenvalue weighted by atomic mass is 10.0. The van der Waals surface area contributed by atoms with E-state index < -0.39 is 22.8 Å². The maximum atomic E-state index is 12.5. The molecule has 1 aromatic carbocycles. The number of carbonyl (C=O) groups excluding carboxylic acids is 1. The number of rotatable bonds is 3. The molecule has 21 heavy (non-hydrogen) atoms. The predicted octanol–water partition coefficient (Wildman–Crippen LogP) is 3.99. The molecule has 2 aromatic rings. The second-order valence-corrected chi connectivity index (χ2v) is 4.45. The number of ether oxygens (including phenoxy) is 1. The van der Waals surface area contributed by atoms with Gasteiger partial charge in [0, 0.05) is 5.56 Å². The number of methoxy groups -OCH3 is 1. The average molecular weight is 316 g/mol. The van der Waals surface area contributed by atoms with Crippen LogP contribution in [0, 0.1) is 0 Å². The molecule has 0 aliphatic rings. The third-order valence-electron chi connectivity index (χ3n) is 2.72. The van der Waals surface area contributed by atoms with Crippen molar-refractivity contribution in [1.29, 1.82) is 0 Å². The van der Waals surface area contributed by atoms with Gasteiger partial charge in [0.1, 0.15) is 16.6 Å². The van der Waals surface area contributed by atoms with Crippen molar-refractivity contribution in [1.82, 2.24) is 4.98 Å². The number of halogens is 4. The first-order chi connectivity index (χ1) is 9.82. The maximum absolute atomic E-state index is 12.5. The molecule has 7 heteroatoms. The Balaban J connectivity index is 2.40. The molecule has 0 unspecified atom stereocenters. The summed E-state index contributed by atoms with van der Waals surface area (Å²) in [6.07, 6.45) is -4.61. The van der Waals surface area contributed by atoms with E-state index in [1.807, 2.05) is 0 Å². The molecule has 0 radical (unpaired) electrons. The third kappa shape index (κ3) is 3.33.